The van der Waals surface area contributed by atoms with Crippen LogP contribution in [0, 0.1) is 17.2 Å². The van der Waals surface area contributed by atoms with Crippen LogP contribution in [0.1, 0.15) is 77.3 Å². The summed E-state index contributed by atoms with van der Waals surface area (Å²) in [5, 5.41) is 33.7. The highest BCUT2D eigenvalue weighted by Gasteiger charge is 2.33. The lowest BCUT2D eigenvalue weighted by Crippen LogP contribution is -2.53. The monoisotopic (exact) mass is 685 g/mol. The average Bonchev–Trinajstić information content (AvgIpc) is 2.99. The zero-order chi connectivity index (χ0) is 36.4. The number of ether oxygens (including phenoxy) is 1. The van der Waals surface area contributed by atoms with E-state index in [2.05, 4.69) is 15.6 Å². The van der Waals surface area contributed by atoms with Gasteiger partial charge in [-0.05, 0) is 72.7 Å². The molecule has 260 valence electrons. The molecule has 0 radical (unpaired) electrons. The molecule has 0 saturated heterocycles. The Bertz CT molecular complexity index is 1720. The second-order valence-corrected chi connectivity index (χ2v) is 13.5. The summed E-state index contributed by atoms with van der Waals surface area (Å²) in [5.41, 5.74) is 5.72. The first kappa shape index (κ1) is 39.3. The summed E-state index contributed by atoms with van der Waals surface area (Å²) < 4.78 is 31.1. The van der Waals surface area contributed by atoms with Crippen molar-refractivity contribution in [2.75, 3.05) is 25.3 Å². The molecule has 1 aromatic heterocycles. The van der Waals surface area contributed by atoms with Gasteiger partial charge >= 0.3 is 5.97 Å². The molecular formula is C33H43N5O9S. The molecule has 3 rings (SSSR count). The highest BCUT2D eigenvalue weighted by molar-refractivity contribution is 7.85. The largest absolute Gasteiger partial charge is 0.481 e. The zero-order valence-corrected chi connectivity index (χ0v) is 28.5. The maximum atomic E-state index is 13.4. The number of hydrogen-bond donors (Lipinski definition) is 7. The first-order valence-corrected chi connectivity index (χ1v) is 16.7. The maximum Gasteiger partial charge on any atom is 0.336 e. The smallest absolute Gasteiger partial charge is 0.336 e. The lowest BCUT2D eigenvalue weighted by Gasteiger charge is -2.36. The van der Waals surface area contributed by atoms with E-state index in [1.807, 2.05) is 27.7 Å². The van der Waals surface area contributed by atoms with Crippen LogP contribution in [0.15, 0.2) is 54.6 Å². The number of amidine groups is 1. The van der Waals surface area contributed by atoms with E-state index < -0.39 is 33.4 Å². The SMILES string of the molecule is COc1ccc(-c2ccc(C(=O)NC(CO)(CC(C)C)CC(C)C)cc2C(=O)O)c(C(=O)Nc2ccc(C(=N)N)cc2)n1.CS(=O)(=O)O. The predicted molar refractivity (Wildman–Crippen MR) is 182 cm³/mol. The third kappa shape index (κ3) is 11.7. The van der Waals surface area contributed by atoms with Crippen molar-refractivity contribution in [3.63, 3.8) is 0 Å². The number of hydrogen-bond acceptors (Lipinski definition) is 9. The summed E-state index contributed by atoms with van der Waals surface area (Å²) in [6.45, 7) is 7.77. The summed E-state index contributed by atoms with van der Waals surface area (Å²) in [4.78, 5) is 43.5. The molecule has 0 fully saturated rings. The Hall–Kier alpha value is -4.86. The van der Waals surface area contributed by atoms with Crippen LogP contribution in [-0.2, 0) is 10.1 Å². The summed E-state index contributed by atoms with van der Waals surface area (Å²) in [7, 11) is -2.27. The van der Waals surface area contributed by atoms with Crippen molar-refractivity contribution in [2.24, 2.45) is 17.6 Å². The fourth-order valence-corrected chi connectivity index (χ4v) is 5.20. The van der Waals surface area contributed by atoms with Crippen molar-refractivity contribution in [1.82, 2.24) is 10.3 Å². The van der Waals surface area contributed by atoms with Gasteiger partial charge in [0.15, 0.2) is 0 Å². The average molecular weight is 686 g/mol. The predicted octanol–water partition coefficient (Wildman–Crippen LogP) is 4.05. The van der Waals surface area contributed by atoms with Gasteiger partial charge < -0.3 is 31.3 Å². The first-order valence-electron chi connectivity index (χ1n) is 14.8. The molecule has 0 unspecified atom stereocenters. The second kappa shape index (κ2) is 16.8. The Morgan fingerprint density at radius 1 is 0.938 bits per heavy atom. The summed E-state index contributed by atoms with van der Waals surface area (Å²) in [6.07, 6.45) is 1.81. The number of aliphatic hydroxyl groups excluding tert-OH is 1. The maximum absolute atomic E-state index is 13.4. The number of benzene rings is 2. The quantitative estimate of drug-likeness (QED) is 0.0769. The van der Waals surface area contributed by atoms with E-state index in [-0.39, 0.29) is 58.1 Å². The number of aromatic nitrogens is 1. The van der Waals surface area contributed by atoms with Gasteiger partial charge in [-0.3, -0.25) is 19.6 Å². The van der Waals surface area contributed by atoms with Crippen LogP contribution in [-0.4, -0.2) is 77.3 Å². The van der Waals surface area contributed by atoms with Crippen LogP contribution in [0.3, 0.4) is 0 Å². The molecule has 0 spiro atoms. The lowest BCUT2D eigenvalue weighted by atomic mass is 9.82. The van der Waals surface area contributed by atoms with E-state index in [4.69, 9.17) is 20.4 Å². The van der Waals surface area contributed by atoms with Crippen LogP contribution in [0.4, 0.5) is 5.69 Å². The zero-order valence-electron chi connectivity index (χ0n) is 27.7. The van der Waals surface area contributed by atoms with Gasteiger partial charge in [0.05, 0.1) is 31.1 Å². The molecule has 0 aliphatic heterocycles. The molecule has 3 aromatic rings. The van der Waals surface area contributed by atoms with Gasteiger partial charge in [0.1, 0.15) is 11.5 Å². The third-order valence-electron chi connectivity index (χ3n) is 6.83. The van der Waals surface area contributed by atoms with Crippen LogP contribution < -0.4 is 21.1 Å². The molecule has 0 bridgehead atoms. The number of carboxylic acids is 1. The second-order valence-electron chi connectivity index (χ2n) is 12.1. The molecule has 0 atom stereocenters. The molecule has 14 nitrogen and oxygen atoms in total. The molecule has 48 heavy (non-hydrogen) atoms. The van der Waals surface area contributed by atoms with E-state index in [9.17, 15) is 33.0 Å². The van der Waals surface area contributed by atoms with Crippen LogP contribution in [0.25, 0.3) is 11.1 Å². The van der Waals surface area contributed by atoms with E-state index >= 15 is 0 Å². The minimum atomic E-state index is -3.67. The minimum absolute atomic E-state index is 0.0946. The molecule has 1 heterocycles. The normalized spacial score (nSPS) is 11.4. The van der Waals surface area contributed by atoms with Gasteiger partial charge in [0, 0.05) is 28.4 Å². The van der Waals surface area contributed by atoms with E-state index in [1.165, 1.54) is 37.4 Å². The Kier molecular flexibility index (Phi) is 13.8. The Labute approximate surface area is 280 Å². The Morgan fingerprint density at radius 2 is 1.46 bits per heavy atom. The number of carboxylic acid groups (broad SMARTS) is 1. The van der Waals surface area contributed by atoms with E-state index in [1.54, 1.807) is 24.3 Å². The highest BCUT2D eigenvalue weighted by atomic mass is 32.2. The summed E-state index contributed by atoms with van der Waals surface area (Å²) in [5.74, 6) is -2.02. The van der Waals surface area contributed by atoms with Gasteiger partial charge in [-0.2, -0.15) is 8.42 Å². The number of aliphatic hydroxyl groups is 1. The van der Waals surface area contributed by atoms with Gasteiger partial charge in [-0.15, -0.1) is 0 Å². The van der Waals surface area contributed by atoms with Crippen molar-refractivity contribution < 1.29 is 42.3 Å². The number of amides is 2. The number of nitrogens with one attached hydrogen (secondary N) is 3. The molecule has 8 N–H and O–H groups in total. The van der Waals surface area contributed by atoms with Gasteiger partial charge in [-0.1, -0.05) is 33.8 Å². The fourth-order valence-electron chi connectivity index (χ4n) is 5.20. The van der Waals surface area contributed by atoms with Crippen molar-refractivity contribution >= 4 is 39.4 Å². The number of nitrogens with zero attached hydrogens (tertiary/aromatic N) is 1. The summed E-state index contributed by atoms with van der Waals surface area (Å²) in [6, 6.07) is 13.6. The molecule has 0 aliphatic carbocycles. The van der Waals surface area contributed by atoms with Gasteiger partial charge in [0.25, 0.3) is 21.9 Å². The van der Waals surface area contributed by atoms with Crippen molar-refractivity contribution in [3.05, 3.63) is 77.0 Å². The standard InChI is InChI=1S/C32H39N5O6.CH4O3S/c1-18(2)15-32(17-38,16-19(3)4)37-29(39)21-8-11-23(25(14-21)31(41)42)24-12-13-26(43-5)36-27(24)30(40)35-22-9-6-20(7-10-22)28(33)34;1-5(2,3)4/h6-14,18-19,38H,15-17H2,1-5H3,(H3,33,34)(H,35,40)(H,37,39)(H,41,42);1H3,(H,2,3,4). The molecule has 0 saturated carbocycles. The molecule has 15 heteroatoms. The van der Waals surface area contributed by atoms with E-state index in [0.29, 0.717) is 30.3 Å². The number of rotatable bonds is 13. The van der Waals surface area contributed by atoms with Gasteiger partial charge in [0.2, 0.25) is 5.88 Å². The number of aromatic carboxylic acids is 1. The lowest BCUT2D eigenvalue weighted by molar-refractivity contribution is 0.0697. The van der Waals surface area contributed by atoms with Crippen LogP contribution in [0.2, 0.25) is 0 Å². The van der Waals surface area contributed by atoms with Gasteiger partial charge in [-0.25, -0.2) is 9.78 Å². The topological polar surface area (TPSA) is 242 Å². The van der Waals surface area contributed by atoms with Crippen LogP contribution in [0.5, 0.6) is 5.88 Å². The molecule has 2 amide bonds. The number of carbonyl (C=O) groups is 3. The highest BCUT2D eigenvalue weighted by Crippen LogP contribution is 2.31. The van der Waals surface area contributed by atoms with Crippen molar-refractivity contribution in [2.45, 2.75) is 46.1 Å². The van der Waals surface area contributed by atoms with E-state index in [0.717, 1.165) is 0 Å². The minimum Gasteiger partial charge on any atom is -0.481 e. The molecule has 2 aromatic carbocycles. The Morgan fingerprint density at radius 3 is 1.92 bits per heavy atom. The van der Waals surface area contributed by atoms with Crippen molar-refractivity contribution in [1.29, 1.82) is 5.41 Å². The first-order chi connectivity index (χ1) is 22.3. The van der Waals surface area contributed by atoms with Crippen LogP contribution >= 0.6 is 0 Å². The van der Waals surface area contributed by atoms with Crippen molar-refractivity contribution in [3.8, 4) is 17.0 Å². The number of anilines is 1. The third-order valence-corrected chi connectivity index (χ3v) is 6.83. The summed E-state index contributed by atoms with van der Waals surface area (Å²) >= 11 is 0. The number of pyridine rings is 1. The molecular weight excluding hydrogens is 642 g/mol. The fraction of sp³-hybridized carbons (Fsp3) is 0.364. The number of nitrogen functional groups attached to an aromatic ring is 1. The molecule has 0 aliphatic rings. The Balaban J connectivity index is 0.00000149. The number of methoxy groups -OCH3 is 1. The number of carbonyl (C=O) groups excluding carboxylic acids is 2. The number of nitrogens with two attached hydrogens (primary N) is 1.